The van der Waals surface area contributed by atoms with Crippen molar-refractivity contribution in [3.05, 3.63) is 30.1 Å². The van der Waals surface area contributed by atoms with Crippen LogP contribution in [-0.2, 0) is 6.42 Å². The summed E-state index contributed by atoms with van der Waals surface area (Å²) in [5.74, 6) is 0. The number of nitrogens with one attached hydrogen (secondary N) is 2. The van der Waals surface area contributed by atoms with Gasteiger partial charge in [0.15, 0.2) is 0 Å². The topological polar surface area (TPSA) is 66.7 Å². The van der Waals surface area contributed by atoms with E-state index >= 15 is 0 Å². The van der Waals surface area contributed by atoms with Crippen LogP contribution in [0.15, 0.2) is 24.5 Å². The van der Waals surface area contributed by atoms with Gasteiger partial charge in [0.1, 0.15) is 0 Å². The zero-order valence-electron chi connectivity index (χ0n) is 10.6. The summed E-state index contributed by atoms with van der Waals surface area (Å²) in [5, 5.41) is 3.52. The smallest absolute Gasteiger partial charge is 0.0931 e. The van der Waals surface area contributed by atoms with Crippen LogP contribution in [-0.4, -0.2) is 29.6 Å². The molecule has 1 aliphatic rings. The van der Waals surface area contributed by atoms with Crippen LogP contribution < -0.4 is 11.1 Å². The third kappa shape index (κ3) is 2.40. The molecule has 0 bridgehead atoms. The van der Waals surface area contributed by atoms with E-state index < -0.39 is 0 Å². The quantitative estimate of drug-likeness (QED) is 0.673. The van der Waals surface area contributed by atoms with Gasteiger partial charge in [-0.2, -0.15) is 0 Å². The maximum atomic E-state index is 5.76. The second kappa shape index (κ2) is 4.71. The van der Waals surface area contributed by atoms with E-state index in [-0.39, 0.29) is 0 Å². The summed E-state index contributed by atoms with van der Waals surface area (Å²) in [4.78, 5) is 7.37. The molecule has 0 spiro atoms. The van der Waals surface area contributed by atoms with Crippen molar-refractivity contribution in [1.29, 1.82) is 0 Å². The minimum atomic E-state index is 0.424. The Bertz CT molecular complexity index is 527. The van der Waals surface area contributed by atoms with E-state index in [2.05, 4.69) is 33.5 Å². The fourth-order valence-corrected chi connectivity index (χ4v) is 2.35. The Hall–Kier alpha value is -1.39. The fourth-order valence-electron chi connectivity index (χ4n) is 2.35. The third-order valence-electron chi connectivity index (χ3n) is 3.97. The Morgan fingerprint density at radius 2 is 2.28 bits per heavy atom. The average molecular weight is 244 g/mol. The number of aromatic nitrogens is 2. The molecule has 96 valence electrons. The zero-order chi connectivity index (χ0) is 12.4. The minimum absolute atomic E-state index is 0.424. The lowest BCUT2D eigenvalue weighted by molar-refractivity contribution is 0.470. The maximum Gasteiger partial charge on any atom is 0.0931 e. The molecule has 0 aliphatic heterocycles. The Kier molecular flexibility index (Phi) is 3.06. The summed E-state index contributed by atoms with van der Waals surface area (Å²) >= 11 is 0. The Morgan fingerprint density at radius 1 is 1.39 bits per heavy atom. The van der Waals surface area contributed by atoms with Crippen LogP contribution in [0.1, 0.15) is 18.4 Å². The number of imidazole rings is 1. The zero-order valence-corrected chi connectivity index (χ0v) is 10.6. The summed E-state index contributed by atoms with van der Waals surface area (Å²) < 4.78 is 0. The average Bonchev–Trinajstić information content (AvgIpc) is 3.03. The van der Waals surface area contributed by atoms with Gasteiger partial charge in [-0.15, -0.1) is 0 Å². The molecule has 2 aromatic rings. The fraction of sp³-hybridized carbons (Fsp3) is 0.500. The number of nitrogens with zero attached hydrogens (tertiary/aromatic N) is 1. The van der Waals surface area contributed by atoms with Crippen molar-refractivity contribution in [2.75, 3.05) is 19.6 Å². The van der Waals surface area contributed by atoms with E-state index in [1.54, 1.807) is 6.33 Å². The molecule has 3 rings (SSSR count). The number of nitrogens with two attached hydrogens (primary N) is 1. The molecule has 1 aromatic heterocycles. The Morgan fingerprint density at radius 3 is 3.06 bits per heavy atom. The van der Waals surface area contributed by atoms with Gasteiger partial charge in [-0.3, -0.25) is 0 Å². The predicted molar refractivity (Wildman–Crippen MR) is 73.4 cm³/mol. The highest BCUT2D eigenvalue weighted by Gasteiger charge is 2.40. The van der Waals surface area contributed by atoms with Gasteiger partial charge in [0.2, 0.25) is 0 Å². The largest absolute Gasteiger partial charge is 0.345 e. The van der Waals surface area contributed by atoms with Gasteiger partial charge < -0.3 is 16.0 Å². The summed E-state index contributed by atoms with van der Waals surface area (Å²) in [6, 6.07) is 6.41. The second-order valence-electron chi connectivity index (χ2n) is 5.38. The minimum Gasteiger partial charge on any atom is -0.345 e. The van der Waals surface area contributed by atoms with Crippen molar-refractivity contribution in [3.8, 4) is 0 Å². The Balaban J connectivity index is 1.50. The number of fused-ring (bicyclic) bond motifs is 1. The van der Waals surface area contributed by atoms with Crippen LogP contribution in [0.3, 0.4) is 0 Å². The van der Waals surface area contributed by atoms with E-state index in [1.165, 1.54) is 18.4 Å². The summed E-state index contributed by atoms with van der Waals surface area (Å²) in [7, 11) is 0. The molecule has 4 nitrogen and oxygen atoms in total. The first-order valence-electron chi connectivity index (χ1n) is 6.64. The maximum absolute atomic E-state index is 5.76. The summed E-state index contributed by atoms with van der Waals surface area (Å²) in [5.41, 5.74) is 9.68. The number of benzene rings is 1. The molecular formula is C14H20N4. The molecular weight excluding hydrogens is 224 g/mol. The number of hydrogen-bond acceptors (Lipinski definition) is 3. The van der Waals surface area contributed by atoms with Crippen molar-refractivity contribution in [2.45, 2.75) is 19.3 Å². The molecule has 1 aliphatic carbocycles. The van der Waals surface area contributed by atoms with Crippen LogP contribution in [0.4, 0.5) is 0 Å². The van der Waals surface area contributed by atoms with Crippen LogP contribution in [0, 0.1) is 5.41 Å². The molecule has 0 radical (unpaired) electrons. The van der Waals surface area contributed by atoms with Crippen molar-refractivity contribution in [2.24, 2.45) is 11.1 Å². The molecule has 0 unspecified atom stereocenters. The molecule has 1 saturated carbocycles. The van der Waals surface area contributed by atoms with Gasteiger partial charge in [-0.05, 0) is 55.5 Å². The third-order valence-corrected chi connectivity index (χ3v) is 3.97. The second-order valence-corrected chi connectivity index (χ2v) is 5.38. The van der Waals surface area contributed by atoms with Crippen LogP contribution in [0.25, 0.3) is 11.0 Å². The van der Waals surface area contributed by atoms with E-state index in [1.807, 2.05) is 0 Å². The molecule has 1 heterocycles. The SMILES string of the molecule is NCC1(CNCCc2ccc3nc[nH]c3c2)CC1. The number of H-pyrrole nitrogens is 1. The molecule has 18 heavy (non-hydrogen) atoms. The normalized spacial score (nSPS) is 17.2. The number of rotatable bonds is 6. The van der Waals surface area contributed by atoms with Gasteiger partial charge in [0, 0.05) is 6.54 Å². The molecule has 4 N–H and O–H groups in total. The first-order chi connectivity index (χ1) is 8.81. The first kappa shape index (κ1) is 11.7. The molecule has 0 amide bonds. The molecule has 4 heteroatoms. The van der Waals surface area contributed by atoms with Gasteiger partial charge in [-0.25, -0.2) is 4.98 Å². The van der Waals surface area contributed by atoms with Gasteiger partial charge in [0.25, 0.3) is 0 Å². The number of hydrogen-bond donors (Lipinski definition) is 3. The molecule has 0 atom stereocenters. The van der Waals surface area contributed by atoms with Crippen LogP contribution in [0.2, 0.25) is 0 Å². The van der Waals surface area contributed by atoms with E-state index in [4.69, 9.17) is 5.73 Å². The summed E-state index contributed by atoms with van der Waals surface area (Å²) in [6.45, 7) is 2.90. The lowest BCUT2D eigenvalue weighted by atomic mass is 10.1. The standard InChI is InChI=1S/C14H20N4/c15-8-14(4-5-14)9-16-6-3-11-1-2-12-13(7-11)18-10-17-12/h1-2,7,10,16H,3-6,8-9,15H2,(H,17,18). The Labute approximate surface area is 107 Å². The predicted octanol–water partition coefficient (Wildman–Crippen LogP) is 1.43. The molecule has 0 saturated heterocycles. The van der Waals surface area contributed by atoms with E-state index in [0.717, 1.165) is 37.1 Å². The lowest BCUT2D eigenvalue weighted by Gasteiger charge is -2.13. The monoisotopic (exact) mass is 244 g/mol. The van der Waals surface area contributed by atoms with Gasteiger partial charge in [-0.1, -0.05) is 6.07 Å². The number of aromatic amines is 1. The first-order valence-corrected chi connectivity index (χ1v) is 6.64. The van der Waals surface area contributed by atoms with E-state index in [9.17, 15) is 0 Å². The van der Waals surface area contributed by atoms with Crippen LogP contribution in [0.5, 0.6) is 0 Å². The van der Waals surface area contributed by atoms with Crippen LogP contribution >= 0.6 is 0 Å². The lowest BCUT2D eigenvalue weighted by Crippen LogP contribution is -2.30. The summed E-state index contributed by atoms with van der Waals surface area (Å²) in [6.07, 6.45) is 5.37. The molecule has 1 aromatic carbocycles. The molecule has 1 fully saturated rings. The van der Waals surface area contributed by atoms with Gasteiger partial charge >= 0.3 is 0 Å². The van der Waals surface area contributed by atoms with Crippen molar-refractivity contribution in [3.63, 3.8) is 0 Å². The highest BCUT2D eigenvalue weighted by Crippen LogP contribution is 2.43. The van der Waals surface area contributed by atoms with E-state index in [0.29, 0.717) is 5.41 Å². The highest BCUT2D eigenvalue weighted by molar-refractivity contribution is 5.75. The van der Waals surface area contributed by atoms with Crippen molar-refractivity contribution < 1.29 is 0 Å². The highest BCUT2D eigenvalue weighted by atomic mass is 14.9. The van der Waals surface area contributed by atoms with Crippen molar-refractivity contribution in [1.82, 2.24) is 15.3 Å². The van der Waals surface area contributed by atoms with Gasteiger partial charge in [0.05, 0.1) is 17.4 Å². The van der Waals surface area contributed by atoms with Crippen molar-refractivity contribution >= 4 is 11.0 Å².